The molecule has 0 aliphatic heterocycles. The minimum absolute atomic E-state index is 0.147. The molecule has 20 heteroatoms. The van der Waals surface area contributed by atoms with Gasteiger partial charge in [0.05, 0.1) is 29.3 Å². The average molecular weight is 615 g/mol. The van der Waals surface area contributed by atoms with Gasteiger partial charge in [0.1, 0.15) is 29.6 Å². The van der Waals surface area contributed by atoms with Crippen LogP contribution in [0.15, 0.2) is 32.9 Å². The van der Waals surface area contributed by atoms with Crippen LogP contribution < -0.4 is 0 Å². The molecular weight excluding hydrogens is 592 g/mol. The fraction of sp³-hybridized carbons (Fsp3) is 0.231. The summed E-state index contributed by atoms with van der Waals surface area (Å²) < 4.78 is 6.03. The van der Waals surface area contributed by atoms with E-state index in [9.17, 15) is 5.26 Å². The summed E-state index contributed by atoms with van der Waals surface area (Å²) >= 11 is 0. The summed E-state index contributed by atoms with van der Waals surface area (Å²) in [5.41, 5.74) is 4.54. The predicted molar refractivity (Wildman–Crippen MR) is 159 cm³/mol. The number of nitrogens with zero attached hydrogens (tertiary/aromatic N) is 18. The van der Waals surface area contributed by atoms with Crippen molar-refractivity contribution in [2.75, 3.05) is 0 Å². The molecule has 20 nitrogen and oxygen atoms in total. The molecule has 0 aliphatic rings. The third-order valence-corrected chi connectivity index (χ3v) is 7.14. The number of nitrogens with one attached hydrogen (secondary N) is 2. The number of rotatable bonds is 6. The van der Waals surface area contributed by atoms with Gasteiger partial charge in [-0.15, -0.1) is 20.5 Å². The highest BCUT2D eigenvalue weighted by Crippen LogP contribution is 2.36. The molecule has 0 radical (unpaired) electrons. The van der Waals surface area contributed by atoms with E-state index in [-0.39, 0.29) is 34.5 Å². The second-order valence-corrected chi connectivity index (χ2v) is 10.2. The first-order chi connectivity index (χ1) is 22.2. The van der Waals surface area contributed by atoms with Gasteiger partial charge in [-0.2, -0.15) is 49.6 Å². The highest BCUT2D eigenvalue weighted by Gasteiger charge is 2.22. The van der Waals surface area contributed by atoms with E-state index < -0.39 is 0 Å². The standard InChI is InChI=1S/C26H22N20/c1-11-17(9-27)23(35-33-21-13(3)40-43-15(5)31-36-25(21)43)45(39-11)18-8-19(30-10-29-18)46-24(20(28-7)12(2)42-46)38-34-22-14(4)41-44-16(6)32-37-26(22)44/h8,10,36-37H,1-6H3/b35-33+,38-34+. The lowest BCUT2D eigenvalue weighted by molar-refractivity contribution is 0.788. The SMILES string of the molecule is [C-]#[N+]c1c(C)nn(-c2cc(-n3nc(C)c(C#N)c3/N=N/c3c(C)nn4c(C)n[nH]c34)ncn2)c1/N=N/c1c(C)nn2c(C)n[nH]c12. The number of aromatic amines is 2. The van der Waals surface area contributed by atoms with Crippen molar-refractivity contribution in [3.8, 4) is 17.7 Å². The Morgan fingerprint density at radius 1 is 0.717 bits per heavy atom. The van der Waals surface area contributed by atoms with E-state index in [0.29, 0.717) is 57.1 Å². The van der Waals surface area contributed by atoms with E-state index in [4.69, 9.17) is 6.57 Å². The van der Waals surface area contributed by atoms with E-state index in [1.807, 2.05) is 13.8 Å². The first-order valence-corrected chi connectivity index (χ1v) is 13.6. The summed E-state index contributed by atoms with van der Waals surface area (Å²) in [7, 11) is 0. The van der Waals surface area contributed by atoms with Crippen LogP contribution >= 0.6 is 0 Å². The van der Waals surface area contributed by atoms with Crippen molar-refractivity contribution in [3.63, 3.8) is 0 Å². The van der Waals surface area contributed by atoms with Crippen molar-refractivity contribution in [2.24, 2.45) is 20.5 Å². The van der Waals surface area contributed by atoms with Crippen LogP contribution in [-0.2, 0) is 0 Å². The number of fused-ring (bicyclic) bond motifs is 2. The number of hydrogen-bond acceptors (Lipinski definition) is 13. The van der Waals surface area contributed by atoms with Crippen LogP contribution in [0.3, 0.4) is 0 Å². The number of nitriles is 1. The molecule has 7 heterocycles. The Morgan fingerprint density at radius 2 is 1.24 bits per heavy atom. The van der Waals surface area contributed by atoms with Gasteiger partial charge in [-0.3, -0.25) is 10.2 Å². The van der Waals surface area contributed by atoms with Crippen LogP contribution in [-0.4, -0.2) is 69.2 Å². The van der Waals surface area contributed by atoms with Crippen LogP contribution in [0.1, 0.15) is 40.0 Å². The van der Waals surface area contributed by atoms with Gasteiger partial charge in [-0.1, -0.05) is 0 Å². The van der Waals surface area contributed by atoms with Gasteiger partial charge >= 0.3 is 0 Å². The van der Waals surface area contributed by atoms with Crippen molar-refractivity contribution in [1.29, 1.82) is 5.26 Å². The van der Waals surface area contributed by atoms with E-state index in [1.54, 1.807) is 42.8 Å². The third kappa shape index (κ3) is 4.20. The number of aromatic nitrogens is 14. The van der Waals surface area contributed by atoms with Crippen LogP contribution in [0.4, 0.5) is 28.7 Å². The average Bonchev–Trinajstić information content (AvgIpc) is 3.87. The Morgan fingerprint density at radius 3 is 1.78 bits per heavy atom. The fourth-order valence-electron chi connectivity index (χ4n) is 4.86. The molecular formula is C26H22N20. The van der Waals surface area contributed by atoms with Crippen molar-refractivity contribution in [3.05, 3.63) is 63.8 Å². The monoisotopic (exact) mass is 614 g/mol. The molecule has 7 rings (SSSR count). The maximum Gasteiger partial charge on any atom is 0.255 e. The van der Waals surface area contributed by atoms with Gasteiger partial charge in [0.15, 0.2) is 45.9 Å². The molecule has 0 saturated carbocycles. The Labute approximate surface area is 258 Å². The predicted octanol–water partition coefficient (Wildman–Crippen LogP) is 4.69. The Bertz CT molecular complexity index is 2300. The normalized spacial score (nSPS) is 11.9. The minimum atomic E-state index is 0.147. The molecule has 0 unspecified atom stereocenters. The number of hydrogen-bond donors (Lipinski definition) is 2. The zero-order chi connectivity index (χ0) is 32.3. The van der Waals surface area contributed by atoms with Crippen molar-refractivity contribution < 1.29 is 0 Å². The topological polar surface area (TPSA) is 231 Å². The van der Waals surface area contributed by atoms with Gasteiger partial charge in [-0.05, 0) is 41.5 Å². The molecule has 0 spiro atoms. The number of H-pyrrole nitrogens is 2. The van der Waals surface area contributed by atoms with Gasteiger partial charge in [-0.25, -0.2) is 19.5 Å². The fourth-order valence-corrected chi connectivity index (χ4v) is 4.86. The summed E-state index contributed by atoms with van der Waals surface area (Å²) in [6.07, 6.45) is 1.31. The molecule has 0 atom stereocenters. The molecule has 226 valence electrons. The molecule has 7 aromatic rings. The Kier molecular flexibility index (Phi) is 6.26. The van der Waals surface area contributed by atoms with Crippen molar-refractivity contribution in [1.82, 2.24) is 69.2 Å². The smallest absolute Gasteiger partial charge is 0.255 e. The van der Waals surface area contributed by atoms with E-state index in [2.05, 4.69) is 82.1 Å². The van der Waals surface area contributed by atoms with Gasteiger partial charge in [0.25, 0.3) is 5.69 Å². The summed E-state index contributed by atoms with van der Waals surface area (Å²) in [5, 5.41) is 59.6. The second-order valence-electron chi connectivity index (χ2n) is 10.2. The lowest BCUT2D eigenvalue weighted by Crippen LogP contribution is -2.05. The third-order valence-electron chi connectivity index (χ3n) is 7.14. The minimum Gasteiger partial charge on any atom is -0.258 e. The zero-order valence-electron chi connectivity index (χ0n) is 25.2. The number of aryl methyl sites for hydroxylation is 6. The van der Waals surface area contributed by atoms with Crippen molar-refractivity contribution in [2.45, 2.75) is 41.5 Å². The van der Waals surface area contributed by atoms with Gasteiger partial charge in [0, 0.05) is 6.07 Å². The molecule has 0 bridgehead atoms. The summed E-state index contributed by atoms with van der Waals surface area (Å²) in [6.45, 7) is 18.4. The lowest BCUT2D eigenvalue weighted by Gasteiger charge is -2.07. The summed E-state index contributed by atoms with van der Waals surface area (Å²) in [4.78, 5) is 12.4. The molecule has 0 aliphatic carbocycles. The molecule has 2 N–H and O–H groups in total. The maximum absolute atomic E-state index is 9.95. The lowest BCUT2D eigenvalue weighted by atomic mass is 10.3. The Balaban J connectivity index is 1.32. The first kappa shape index (κ1) is 27.8. The van der Waals surface area contributed by atoms with E-state index in [0.717, 1.165) is 0 Å². The van der Waals surface area contributed by atoms with Crippen LogP contribution in [0.5, 0.6) is 0 Å². The van der Waals surface area contributed by atoms with Crippen LogP contribution in [0.25, 0.3) is 27.8 Å². The summed E-state index contributed by atoms with van der Waals surface area (Å²) in [6, 6.07) is 3.73. The highest BCUT2D eigenvalue weighted by molar-refractivity contribution is 5.70. The summed E-state index contributed by atoms with van der Waals surface area (Å²) in [5.74, 6) is 2.15. The molecule has 46 heavy (non-hydrogen) atoms. The molecule has 7 aromatic heterocycles. The van der Waals surface area contributed by atoms with Gasteiger partial charge in [0.2, 0.25) is 0 Å². The second kappa shape index (κ2) is 10.3. The van der Waals surface area contributed by atoms with E-state index in [1.165, 1.54) is 15.7 Å². The van der Waals surface area contributed by atoms with Crippen LogP contribution in [0, 0.1) is 59.4 Å². The maximum atomic E-state index is 9.95. The van der Waals surface area contributed by atoms with Crippen LogP contribution in [0.2, 0.25) is 0 Å². The zero-order valence-corrected chi connectivity index (χ0v) is 25.2. The molecule has 0 amide bonds. The largest absolute Gasteiger partial charge is 0.258 e. The quantitative estimate of drug-likeness (QED) is 0.195. The first-order valence-electron chi connectivity index (χ1n) is 13.6. The molecule has 0 saturated heterocycles. The molecule has 0 fully saturated rings. The Hall–Kier alpha value is -6.96. The van der Waals surface area contributed by atoms with Crippen molar-refractivity contribution >= 4 is 40.0 Å². The number of azo groups is 2. The highest BCUT2D eigenvalue weighted by atomic mass is 15.4. The molecule has 0 aromatic carbocycles. The van der Waals surface area contributed by atoms with Gasteiger partial charge < -0.3 is 0 Å². The van der Waals surface area contributed by atoms with E-state index >= 15 is 0 Å².